The lowest BCUT2D eigenvalue weighted by atomic mass is 9.85. The molecule has 0 unspecified atom stereocenters. The summed E-state index contributed by atoms with van der Waals surface area (Å²) in [7, 11) is 3.75. The monoisotopic (exact) mass is 349 g/mol. The van der Waals surface area contributed by atoms with Crippen LogP contribution in [0.5, 0.6) is 0 Å². The molecule has 138 valence electrons. The van der Waals surface area contributed by atoms with E-state index >= 15 is 0 Å². The number of fused-ring (bicyclic) bond motifs is 3. The van der Waals surface area contributed by atoms with E-state index in [0.717, 1.165) is 5.96 Å². The third-order valence-electron chi connectivity index (χ3n) is 5.14. The van der Waals surface area contributed by atoms with Crippen molar-refractivity contribution in [2.45, 2.75) is 52.4 Å². The molecular formula is C23H31N3. The van der Waals surface area contributed by atoms with E-state index in [1.165, 1.54) is 32.9 Å². The molecule has 0 aliphatic rings. The fourth-order valence-corrected chi connectivity index (χ4v) is 3.51. The van der Waals surface area contributed by atoms with Gasteiger partial charge < -0.3 is 5.32 Å². The van der Waals surface area contributed by atoms with E-state index in [0.29, 0.717) is 0 Å². The van der Waals surface area contributed by atoms with Crippen LogP contribution in [0.15, 0.2) is 41.4 Å². The van der Waals surface area contributed by atoms with E-state index in [-0.39, 0.29) is 10.8 Å². The highest BCUT2D eigenvalue weighted by Crippen LogP contribution is 2.35. The zero-order chi connectivity index (χ0) is 19.3. The summed E-state index contributed by atoms with van der Waals surface area (Å²) >= 11 is 0. The van der Waals surface area contributed by atoms with Crippen molar-refractivity contribution in [3.8, 4) is 0 Å². The van der Waals surface area contributed by atoms with Crippen molar-refractivity contribution in [3.05, 3.63) is 47.5 Å². The molecule has 0 bridgehead atoms. The molecule has 3 rings (SSSR count). The molecular weight excluding hydrogens is 318 g/mol. The van der Waals surface area contributed by atoms with Crippen molar-refractivity contribution in [2.75, 3.05) is 14.1 Å². The quantitative estimate of drug-likeness (QED) is 0.425. The third kappa shape index (κ3) is 3.00. The van der Waals surface area contributed by atoms with Crippen molar-refractivity contribution >= 4 is 27.8 Å². The average Bonchev–Trinajstić information content (AvgIpc) is 2.88. The molecule has 1 N–H and O–H groups in total. The van der Waals surface area contributed by atoms with E-state index in [4.69, 9.17) is 0 Å². The summed E-state index contributed by atoms with van der Waals surface area (Å²) in [5.41, 5.74) is 5.32. The lowest BCUT2D eigenvalue weighted by molar-refractivity contribution is 0.590. The van der Waals surface area contributed by atoms with Gasteiger partial charge in [0.05, 0.1) is 11.0 Å². The van der Waals surface area contributed by atoms with Gasteiger partial charge in [-0.2, -0.15) is 0 Å². The lowest BCUT2D eigenvalue weighted by Gasteiger charge is -2.19. The van der Waals surface area contributed by atoms with Crippen LogP contribution in [0.25, 0.3) is 21.8 Å². The Morgan fingerprint density at radius 2 is 1.23 bits per heavy atom. The summed E-state index contributed by atoms with van der Waals surface area (Å²) in [6.07, 6.45) is 0. The highest BCUT2D eigenvalue weighted by atomic mass is 15.2. The molecule has 3 nitrogen and oxygen atoms in total. The Balaban J connectivity index is 2.46. The second kappa shape index (κ2) is 6.15. The van der Waals surface area contributed by atoms with Crippen molar-refractivity contribution in [2.24, 2.45) is 4.99 Å². The second-order valence-corrected chi connectivity index (χ2v) is 9.10. The molecule has 26 heavy (non-hydrogen) atoms. The third-order valence-corrected chi connectivity index (χ3v) is 5.14. The molecule has 0 radical (unpaired) electrons. The number of rotatable bonds is 0. The Labute approximate surface area is 157 Å². The highest BCUT2D eigenvalue weighted by molar-refractivity contribution is 6.14. The van der Waals surface area contributed by atoms with Crippen LogP contribution in [0.4, 0.5) is 0 Å². The van der Waals surface area contributed by atoms with Gasteiger partial charge in [-0.1, -0.05) is 53.7 Å². The topological polar surface area (TPSA) is 29.3 Å². The summed E-state index contributed by atoms with van der Waals surface area (Å²) in [6.45, 7) is 13.6. The average molecular weight is 350 g/mol. The predicted octanol–water partition coefficient (Wildman–Crippen LogP) is 5.44. The van der Waals surface area contributed by atoms with Gasteiger partial charge in [-0.3, -0.25) is 9.56 Å². The van der Waals surface area contributed by atoms with Gasteiger partial charge in [0.15, 0.2) is 0 Å². The maximum Gasteiger partial charge on any atom is 0.202 e. The van der Waals surface area contributed by atoms with Gasteiger partial charge in [-0.25, -0.2) is 0 Å². The number of hydrogen-bond acceptors (Lipinski definition) is 1. The molecule has 0 saturated heterocycles. The fraction of sp³-hybridized carbons (Fsp3) is 0.435. The molecule has 1 heterocycles. The van der Waals surface area contributed by atoms with Crippen LogP contribution in [0.3, 0.4) is 0 Å². The molecule has 0 aliphatic carbocycles. The Kier molecular flexibility index (Phi) is 4.38. The first-order valence-corrected chi connectivity index (χ1v) is 9.32. The summed E-state index contributed by atoms with van der Waals surface area (Å²) in [5, 5.41) is 5.82. The van der Waals surface area contributed by atoms with Crippen molar-refractivity contribution in [3.63, 3.8) is 0 Å². The van der Waals surface area contributed by atoms with Crippen molar-refractivity contribution in [1.82, 2.24) is 9.88 Å². The van der Waals surface area contributed by atoms with Gasteiger partial charge in [0.2, 0.25) is 5.96 Å². The van der Waals surface area contributed by atoms with Crippen LogP contribution in [0.2, 0.25) is 0 Å². The molecule has 0 saturated carbocycles. The van der Waals surface area contributed by atoms with Crippen LogP contribution in [-0.2, 0) is 10.8 Å². The van der Waals surface area contributed by atoms with Crippen LogP contribution in [0, 0.1) is 0 Å². The summed E-state index contributed by atoms with van der Waals surface area (Å²) in [4.78, 5) is 4.46. The minimum absolute atomic E-state index is 0.120. The van der Waals surface area contributed by atoms with Crippen LogP contribution in [0.1, 0.15) is 52.7 Å². The zero-order valence-electron chi connectivity index (χ0n) is 17.4. The molecule has 0 atom stereocenters. The lowest BCUT2D eigenvalue weighted by Crippen LogP contribution is -2.26. The van der Waals surface area contributed by atoms with Gasteiger partial charge in [0.25, 0.3) is 0 Å². The van der Waals surface area contributed by atoms with E-state index in [1.807, 2.05) is 14.1 Å². The number of nitrogens with one attached hydrogen (secondary N) is 1. The maximum absolute atomic E-state index is 4.46. The van der Waals surface area contributed by atoms with E-state index in [1.54, 1.807) is 0 Å². The second-order valence-electron chi connectivity index (χ2n) is 9.10. The van der Waals surface area contributed by atoms with Crippen molar-refractivity contribution in [1.29, 1.82) is 0 Å². The van der Waals surface area contributed by atoms with Gasteiger partial charge in [-0.05, 0) is 46.2 Å². The number of aliphatic imine (C=N–C) groups is 1. The van der Waals surface area contributed by atoms with Gasteiger partial charge in [0.1, 0.15) is 0 Å². The molecule has 2 aromatic carbocycles. The minimum Gasteiger partial charge on any atom is -0.359 e. The Bertz CT molecular complexity index is 921. The predicted molar refractivity (Wildman–Crippen MR) is 115 cm³/mol. The summed E-state index contributed by atoms with van der Waals surface area (Å²) < 4.78 is 2.23. The Morgan fingerprint density at radius 3 is 1.54 bits per heavy atom. The molecule has 1 aromatic heterocycles. The highest BCUT2D eigenvalue weighted by Gasteiger charge is 2.21. The van der Waals surface area contributed by atoms with Crippen LogP contribution >= 0.6 is 0 Å². The number of aromatic nitrogens is 1. The first-order valence-electron chi connectivity index (χ1n) is 9.32. The van der Waals surface area contributed by atoms with Crippen LogP contribution < -0.4 is 5.32 Å². The minimum atomic E-state index is 0.120. The van der Waals surface area contributed by atoms with E-state index in [2.05, 4.69) is 92.8 Å². The number of benzene rings is 2. The number of nitrogens with zero attached hydrogens (tertiary/aromatic N) is 2. The smallest absolute Gasteiger partial charge is 0.202 e. The number of hydrogen-bond donors (Lipinski definition) is 1. The molecule has 0 fully saturated rings. The zero-order valence-corrected chi connectivity index (χ0v) is 17.4. The Hall–Kier alpha value is -2.29. The first-order chi connectivity index (χ1) is 12.1. The Morgan fingerprint density at radius 1 is 0.808 bits per heavy atom. The van der Waals surface area contributed by atoms with Gasteiger partial charge in [0, 0.05) is 24.9 Å². The van der Waals surface area contributed by atoms with E-state index < -0.39 is 0 Å². The standard InChI is InChI=1S/C23H31N3/c1-22(2,3)15-9-11-19-17(13-15)18-14-16(23(4,5)6)10-12-20(18)26(19)21(24-7)25-8/h9-14H,1-8H3,(H,24,25). The maximum atomic E-state index is 4.46. The largest absolute Gasteiger partial charge is 0.359 e. The van der Waals surface area contributed by atoms with Gasteiger partial charge in [-0.15, -0.1) is 0 Å². The molecule has 0 spiro atoms. The van der Waals surface area contributed by atoms with Crippen molar-refractivity contribution < 1.29 is 0 Å². The summed E-state index contributed by atoms with van der Waals surface area (Å²) in [5.74, 6) is 0.858. The molecule has 0 amide bonds. The SMILES string of the molecule is C/N=C(\NC)n1c2ccc(C(C)(C)C)cc2c2cc(C(C)(C)C)ccc21. The molecule has 3 aromatic rings. The fourth-order valence-electron chi connectivity index (χ4n) is 3.51. The normalized spacial score (nSPS) is 13.6. The first kappa shape index (κ1) is 18.5. The summed E-state index contributed by atoms with van der Waals surface area (Å²) in [6, 6.07) is 13.6. The molecule has 0 aliphatic heterocycles. The molecule has 3 heteroatoms. The van der Waals surface area contributed by atoms with Gasteiger partial charge >= 0.3 is 0 Å². The van der Waals surface area contributed by atoms with Crippen LogP contribution in [-0.4, -0.2) is 24.6 Å². The van der Waals surface area contributed by atoms with E-state index in [9.17, 15) is 0 Å².